The van der Waals surface area contributed by atoms with E-state index in [1.54, 1.807) is 0 Å². The highest BCUT2D eigenvalue weighted by Gasteiger charge is 2.31. The van der Waals surface area contributed by atoms with Gasteiger partial charge >= 0.3 is 0 Å². The Morgan fingerprint density at radius 3 is 2.47 bits per heavy atom. The molecule has 1 amide bonds. The summed E-state index contributed by atoms with van der Waals surface area (Å²) in [5.41, 5.74) is 2.46. The molecule has 30 heavy (non-hydrogen) atoms. The van der Waals surface area contributed by atoms with E-state index in [0.29, 0.717) is 19.8 Å². The number of likely N-dealkylation sites (tertiary alicyclic amines) is 1. The van der Waals surface area contributed by atoms with Crippen molar-refractivity contribution in [2.75, 3.05) is 57.4 Å². The third kappa shape index (κ3) is 3.97. The smallest absolute Gasteiger partial charge is 0.236 e. The van der Waals surface area contributed by atoms with Crippen LogP contribution in [-0.4, -0.2) is 68.2 Å². The molecule has 0 unspecified atom stereocenters. The lowest BCUT2D eigenvalue weighted by atomic mass is 10.0. The standard InChI is InChI=1S/C24H29N3O3/c28-24(26-13-11-25(12-14-26)20-5-2-1-3-6-20)18-27-10-4-7-21(27)19-8-9-22-23(17-19)30-16-15-29-22/h1-3,5-6,8-9,17,21H,4,7,10-16,18H2/t21-/m1/s1. The molecule has 6 nitrogen and oxygen atoms in total. The van der Waals surface area contributed by atoms with E-state index in [1.165, 1.54) is 11.3 Å². The number of fused-ring (bicyclic) bond motifs is 1. The highest BCUT2D eigenvalue weighted by Crippen LogP contribution is 2.38. The molecule has 0 saturated carbocycles. The number of ether oxygens (including phenoxy) is 2. The molecule has 1 atom stereocenters. The Bertz CT molecular complexity index is 881. The average Bonchev–Trinajstić information content (AvgIpc) is 3.27. The van der Waals surface area contributed by atoms with Gasteiger partial charge in [0.1, 0.15) is 13.2 Å². The lowest BCUT2D eigenvalue weighted by molar-refractivity contribution is -0.133. The van der Waals surface area contributed by atoms with Crippen LogP contribution in [0.2, 0.25) is 0 Å². The maximum Gasteiger partial charge on any atom is 0.236 e. The van der Waals surface area contributed by atoms with Crippen LogP contribution in [0.4, 0.5) is 5.69 Å². The maximum atomic E-state index is 13.0. The quantitative estimate of drug-likeness (QED) is 0.780. The second kappa shape index (κ2) is 8.56. The van der Waals surface area contributed by atoms with Crippen molar-refractivity contribution in [3.05, 3.63) is 54.1 Å². The van der Waals surface area contributed by atoms with Gasteiger partial charge in [0.15, 0.2) is 11.5 Å². The number of carbonyl (C=O) groups excluding carboxylic acids is 1. The number of amides is 1. The van der Waals surface area contributed by atoms with Gasteiger partial charge in [-0.2, -0.15) is 0 Å². The molecule has 3 heterocycles. The molecule has 0 radical (unpaired) electrons. The van der Waals surface area contributed by atoms with Crippen LogP contribution in [0.5, 0.6) is 11.5 Å². The molecule has 158 valence electrons. The summed E-state index contributed by atoms with van der Waals surface area (Å²) in [6, 6.07) is 17.0. The first kappa shape index (κ1) is 19.2. The first-order valence-electron chi connectivity index (χ1n) is 11.0. The van der Waals surface area contributed by atoms with Gasteiger partial charge in [-0.3, -0.25) is 9.69 Å². The molecule has 2 aromatic carbocycles. The van der Waals surface area contributed by atoms with Crippen LogP contribution in [0, 0.1) is 0 Å². The Hall–Kier alpha value is -2.73. The number of nitrogens with zero attached hydrogens (tertiary/aromatic N) is 3. The molecular formula is C24H29N3O3. The predicted octanol–water partition coefficient (Wildman–Crippen LogP) is 2.94. The summed E-state index contributed by atoms with van der Waals surface area (Å²) < 4.78 is 11.4. The third-order valence-electron chi connectivity index (χ3n) is 6.41. The van der Waals surface area contributed by atoms with Gasteiger partial charge < -0.3 is 19.3 Å². The molecular weight excluding hydrogens is 378 g/mol. The van der Waals surface area contributed by atoms with Gasteiger partial charge in [0.25, 0.3) is 0 Å². The van der Waals surface area contributed by atoms with E-state index in [0.717, 1.165) is 57.1 Å². The summed E-state index contributed by atoms with van der Waals surface area (Å²) in [6.07, 6.45) is 2.20. The summed E-state index contributed by atoms with van der Waals surface area (Å²) in [5, 5.41) is 0. The zero-order valence-electron chi connectivity index (χ0n) is 17.3. The van der Waals surface area contributed by atoms with Crippen molar-refractivity contribution in [2.45, 2.75) is 18.9 Å². The number of para-hydroxylation sites is 1. The number of benzene rings is 2. The van der Waals surface area contributed by atoms with Crippen LogP contribution in [0.1, 0.15) is 24.4 Å². The second-order valence-electron chi connectivity index (χ2n) is 8.23. The van der Waals surface area contributed by atoms with E-state index < -0.39 is 0 Å². The third-order valence-corrected chi connectivity index (χ3v) is 6.41. The maximum absolute atomic E-state index is 13.0. The SMILES string of the molecule is O=C(CN1CCC[C@@H]1c1ccc2c(c1)OCCO2)N1CCN(c2ccccc2)CC1. The Morgan fingerprint density at radius 1 is 0.900 bits per heavy atom. The molecule has 0 N–H and O–H groups in total. The van der Waals surface area contributed by atoms with E-state index in [4.69, 9.17) is 9.47 Å². The van der Waals surface area contributed by atoms with Crippen molar-refractivity contribution in [3.63, 3.8) is 0 Å². The van der Waals surface area contributed by atoms with Crippen molar-refractivity contribution in [1.82, 2.24) is 9.80 Å². The zero-order chi connectivity index (χ0) is 20.3. The van der Waals surface area contributed by atoms with Crippen LogP contribution in [0.15, 0.2) is 48.5 Å². The second-order valence-corrected chi connectivity index (χ2v) is 8.23. The molecule has 3 aliphatic rings. The molecule has 5 rings (SSSR count). The number of carbonyl (C=O) groups is 1. The fourth-order valence-corrected chi connectivity index (χ4v) is 4.79. The number of rotatable bonds is 4. The highest BCUT2D eigenvalue weighted by atomic mass is 16.6. The van der Waals surface area contributed by atoms with Gasteiger partial charge in [0, 0.05) is 37.9 Å². The number of anilines is 1. The van der Waals surface area contributed by atoms with Gasteiger partial charge in [0.05, 0.1) is 6.54 Å². The fourth-order valence-electron chi connectivity index (χ4n) is 4.79. The van der Waals surface area contributed by atoms with Crippen LogP contribution in [-0.2, 0) is 4.79 Å². The van der Waals surface area contributed by atoms with Crippen molar-refractivity contribution in [2.24, 2.45) is 0 Å². The van der Waals surface area contributed by atoms with E-state index in [-0.39, 0.29) is 11.9 Å². The highest BCUT2D eigenvalue weighted by molar-refractivity contribution is 5.78. The minimum absolute atomic E-state index is 0.243. The largest absolute Gasteiger partial charge is 0.486 e. The summed E-state index contributed by atoms with van der Waals surface area (Å²) in [5.74, 6) is 1.89. The fraction of sp³-hybridized carbons (Fsp3) is 0.458. The molecule has 3 aliphatic heterocycles. The number of piperazine rings is 1. The predicted molar refractivity (Wildman–Crippen MR) is 116 cm³/mol. The summed E-state index contributed by atoms with van der Waals surface area (Å²) in [4.78, 5) is 19.7. The van der Waals surface area contributed by atoms with E-state index in [9.17, 15) is 4.79 Å². The van der Waals surface area contributed by atoms with Crippen molar-refractivity contribution < 1.29 is 14.3 Å². The Morgan fingerprint density at radius 2 is 1.67 bits per heavy atom. The number of hydrogen-bond acceptors (Lipinski definition) is 5. The monoisotopic (exact) mass is 407 g/mol. The Labute approximate surface area is 178 Å². The average molecular weight is 408 g/mol. The van der Waals surface area contributed by atoms with E-state index >= 15 is 0 Å². The Balaban J connectivity index is 1.20. The summed E-state index contributed by atoms with van der Waals surface area (Å²) in [7, 11) is 0. The lowest BCUT2D eigenvalue weighted by Gasteiger charge is -2.37. The van der Waals surface area contributed by atoms with Crippen LogP contribution in [0.3, 0.4) is 0 Å². The van der Waals surface area contributed by atoms with E-state index in [1.807, 2.05) is 17.0 Å². The molecule has 2 saturated heterocycles. The zero-order valence-corrected chi connectivity index (χ0v) is 17.3. The minimum atomic E-state index is 0.243. The van der Waals surface area contributed by atoms with Crippen molar-refractivity contribution in [1.29, 1.82) is 0 Å². The van der Waals surface area contributed by atoms with E-state index in [2.05, 4.69) is 46.2 Å². The van der Waals surface area contributed by atoms with Crippen molar-refractivity contribution >= 4 is 11.6 Å². The molecule has 0 aromatic heterocycles. The Kier molecular flexibility index (Phi) is 5.49. The van der Waals surface area contributed by atoms with Gasteiger partial charge in [-0.1, -0.05) is 24.3 Å². The van der Waals surface area contributed by atoms with Crippen LogP contribution >= 0.6 is 0 Å². The number of hydrogen-bond donors (Lipinski definition) is 0. The van der Waals surface area contributed by atoms with Gasteiger partial charge in [-0.15, -0.1) is 0 Å². The normalized spacial score (nSPS) is 21.7. The first-order valence-corrected chi connectivity index (χ1v) is 11.0. The van der Waals surface area contributed by atoms with Gasteiger partial charge in [0.2, 0.25) is 5.91 Å². The topological polar surface area (TPSA) is 45.3 Å². The summed E-state index contributed by atoms with van der Waals surface area (Å²) >= 11 is 0. The lowest BCUT2D eigenvalue weighted by Crippen LogP contribution is -2.51. The van der Waals surface area contributed by atoms with Crippen LogP contribution in [0.25, 0.3) is 0 Å². The molecule has 0 aliphatic carbocycles. The molecule has 0 bridgehead atoms. The van der Waals surface area contributed by atoms with Gasteiger partial charge in [-0.05, 0) is 49.2 Å². The van der Waals surface area contributed by atoms with Crippen LogP contribution < -0.4 is 14.4 Å². The molecule has 6 heteroatoms. The molecule has 0 spiro atoms. The minimum Gasteiger partial charge on any atom is -0.486 e. The van der Waals surface area contributed by atoms with Gasteiger partial charge in [-0.25, -0.2) is 0 Å². The molecule has 2 fully saturated rings. The van der Waals surface area contributed by atoms with Crippen molar-refractivity contribution in [3.8, 4) is 11.5 Å². The molecule has 2 aromatic rings. The first-order chi connectivity index (χ1) is 14.8. The summed E-state index contributed by atoms with van der Waals surface area (Å²) in [6.45, 7) is 6.01.